The first-order valence-corrected chi connectivity index (χ1v) is 3.62. The van der Waals surface area contributed by atoms with E-state index in [-0.39, 0.29) is 24.9 Å². The highest BCUT2D eigenvalue weighted by Crippen LogP contribution is 2.30. The second-order valence-electron chi connectivity index (χ2n) is 2.60. The molecular formula is C7H11NO3. The summed E-state index contributed by atoms with van der Waals surface area (Å²) in [6.45, 7) is -0.142. The normalized spacial score (nSPS) is 16.1. The maximum absolute atomic E-state index is 10.9. The predicted octanol–water partition coefficient (Wildman–Crippen LogP) is -0.185. The minimum absolute atomic E-state index is 0.0107. The molecule has 0 unspecified atom stereocenters. The van der Waals surface area contributed by atoms with Gasteiger partial charge in [0.2, 0.25) is 0 Å². The van der Waals surface area contributed by atoms with Gasteiger partial charge in [0.25, 0.3) is 0 Å². The van der Waals surface area contributed by atoms with E-state index >= 15 is 0 Å². The minimum atomic E-state index is -0.510. The van der Waals surface area contributed by atoms with Crippen LogP contribution in [-0.2, 0) is 14.3 Å². The molecule has 1 aliphatic rings. The Morgan fingerprint density at radius 2 is 2.09 bits per heavy atom. The molecule has 0 spiro atoms. The number of ketones is 1. The van der Waals surface area contributed by atoms with Gasteiger partial charge < -0.3 is 4.74 Å². The zero-order chi connectivity index (χ0) is 8.27. The largest absolute Gasteiger partial charge is 0.450 e. The molecule has 1 aliphatic carbocycles. The van der Waals surface area contributed by atoms with Gasteiger partial charge in [-0.1, -0.05) is 0 Å². The lowest BCUT2D eigenvalue weighted by Gasteiger charge is -1.98. The lowest BCUT2D eigenvalue weighted by molar-refractivity contribution is -0.146. The second-order valence-corrected chi connectivity index (χ2v) is 2.60. The van der Waals surface area contributed by atoms with Crippen molar-refractivity contribution in [3.05, 3.63) is 0 Å². The Kier molecular flexibility index (Phi) is 2.59. The molecule has 0 aromatic heterocycles. The van der Waals surface area contributed by atoms with E-state index in [2.05, 4.69) is 4.74 Å². The van der Waals surface area contributed by atoms with Gasteiger partial charge in [-0.2, -0.15) is 0 Å². The van der Waals surface area contributed by atoms with E-state index in [1.54, 1.807) is 0 Å². The summed E-state index contributed by atoms with van der Waals surface area (Å²) in [6.07, 6.45) is 1.74. The fourth-order valence-electron chi connectivity index (χ4n) is 0.836. The summed E-state index contributed by atoms with van der Waals surface area (Å²) in [5, 5.41) is 0. The van der Waals surface area contributed by atoms with Crippen LogP contribution in [0.4, 0.5) is 0 Å². The van der Waals surface area contributed by atoms with E-state index in [4.69, 9.17) is 5.73 Å². The maximum Gasteiger partial charge on any atom is 0.314 e. The second kappa shape index (κ2) is 3.48. The van der Waals surface area contributed by atoms with Crippen LogP contribution in [-0.4, -0.2) is 18.5 Å². The van der Waals surface area contributed by atoms with Crippen molar-refractivity contribution in [3.63, 3.8) is 0 Å². The van der Waals surface area contributed by atoms with Crippen LogP contribution in [0.25, 0.3) is 0 Å². The van der Waals surface area contributed by atoms with Gasteiger partial charge in [0.1, 0.15) is 18.9 Å². The molecule has 0 bridgehead atoms. The monoisotopic (exact) mass is 157 g/mol. The van der Waals surface area contributed by atoms with E-state index < -0.39 is 5.97 Å². The molecule has 62 valence electrons. The summed E-state index contributed by atoms with van der Waals surface area (Å²) in [5.74, 6) is -0.395. The Balaban J connectivity index is 2.17. The highest BCUT2D eigenvalue weighted by Gasteiger charge is 2.30. The number of carbonyl (C=O) groups excluding carboxylic acids is 2. The number of rotatable bonds is 4. The van der Waals surface area contributed by atoms with E-state index in [9.17, 15) is 9.59 Å². The van der Waals surface area contributed by atoms with Gasteiger partial charge in [-0.25, -0.2) is 0 Å². The zero-order valence-electron chi connectivity index (χ0n) is 6.21. The average molecular weight is 157 g/mol. The Morgan fingerprint density at radius 1 is 1.45 bits per heavy atom. The van der Waals surface area contributed by atoms with E-state index in [0.717, 1.165) is 12.8 Å². The topological polar surface area (TPSA) is 69.4 Å². The predicted molar refractivity (Wildman–Crippen MR) is 37.5 cm³/mol. The van der Waals surface area contributed by atoms with Crippen molar-refractivity contribution in [1.29, 1.82) is 0 Å². The molecule has 0 aliphatic heterocycles. The molecule has 2 N–H and O–H groups in total. The van der Waals surface area contributed by atoms with E-state index in [1.807, 2.05) is 0 Å². The van der Waals surface area contributed by atoms with Crippen LogP contribution in [0.15, 0.2) is 0 Å². The van der Waals surface area contributed by atoms with Crippen LogP contribution in [0.1, 0.15) is 19.3 Å². The summed E-state index contributed by atoms with van der Waals surface area (Å²) >= 11 is 0. The number of hydrogen-bond acceptors (Lipinski definition) is 4. The minimum Gasteiger partial charge on any atom is -0.450 e. The first-order valence-electron chi connectivity index (χ1n) is 3.62. The molecule has 0 amide bonds. The fourth-order valence-corrected chi connectivity index (χ4v) is 0.836. The number of esters is 1. The lowest BCUT2D eigenvalue weighted by Crippen LogP contribution is -2.16. The molecule has 11 heavy (non-hydrogen) atoms. The van der Waals surface area contributed by atoms with Crippen molar-refractivity contribution in [1.82, 2.24) is 0 Å². The van der Waals surface area contributed by atoms with Crippen molar-refractivity contribution >= 4 is 11.8 Å². The standard InChI is InChI=1S/C7H11NO3/c8-4-11-7(10)3-6(9)5-1-2-5/h5H,1-4,8H2. The molecule has 0 aromatic carbocycles. The van der Waals surface area contributed by atoms with Gasteiger partial charge in [0.15, 0.2) is 0 Å². The Morgan fingerprint density at radius 3 is 2.55 bits per heavy atom. The quantitative estimate of drug-likeness (QED) is 0.349. The van der Waals surface area contributed by atoms with Crippen LogP contribution < -0.4 is 5.73 Å². The van der Waals surface area contributed by atoms with Crippen LogP contribution in [0, 0.1) is 5.92 Å². The summed E-state index contributed by atoms with van der Waals surface area (Å²) in [4.78, 5) is 21.6. The molecule has 4 nitrogen and oxygen atoms in total. The average Bonchev–Trinajstić information content (AvgIpc) is 2.67. The van der Waals surface area contributed by atoms with Crippen LogP contribution in [0.5, 0.6) is 0 Å². The number of carbonyl (C=O) groups is 2. The first-order chi connectivity index (χ1) is 5.24. The highest BCUT2D eigenvalue weighted by molar-refractivity contribution is 5.97. The van der Waals surface area contributed by atoms with Gasteiger partial charge in [-0.05, 0) is 12.8 Å². The summed E-state index contributed by atoms with van der Waals surface area (Å²) in [6, 6.07) is 0. The fraction of sp³-hybridized carbons (Fsp3) is 0.714. The summed E-state index contributed by atoms with van der Waals surface area (Å²) in [5.41, 5.74) is 4.94. The molecule has 0 heterocycles. The molecule has 1 rings (SSSR count). The van der Waals surface area contributed by atoms with Gasteiger partial charge in [-0.3, -0.25) is 15.3 Å². The SMILES string of the molecule is NCOC(=O)CC(=O)C1CC1. The Labute approximate surface area is 64.7 Å². The van der Waals surface area contributed by atoms with Gasteiger partial charge >= 0.3 is 5.97 Å². The highest BCUT2D eigenvalue weighted by atomic mass is 16.5. The third-order valence-electron chi connectivity index (χ3n) is 1.60. The number of Topliss-reactive ketones (excluding diaryl/α,β-unsaturated/α-hetero) is 1. The third-order valence-corrected chi connectivity index (χ3v) is 1.60. The maximum atomic E-state index is 10.9. The summed E-state index contributed by atoms with van der Waals surface area (Å²) < 4.78 is 4.41. The molecule has 0 radical (unpaired) electrons. The molecule has 1 saturated carbocycles. The first kappa shape index (κ1) is 8.20. The number of ether oxygens (including phenoxy) is 1. The lowest BCUT2D eigenvalue weighted by atomic mass is 10.2. The van der Waals surface area contributed by atoms with E-state index in [1.165, 1.54) is 0 Å². The molecular weight excluding hydrogens is 146 g/mol. The molecule has 4 heteroatoms. The van der Waals surface area contributed by atoms with Gasteiger partial charge in [0.05, 0.1) is 0 Å². The zero-order valence-corrected chi connectivity index (χ0v) is 6.21. The van der Waals surface area contributed by atoms with Crippen molar-refractivity contribution in [3.8, 4) is 0 Å². The molecule has 1 fully saturated rings. The Hall–Kier alpha value is -0.900. The van der Waals surface area contributed by atoms with Crippen molar-refractivity contribution < 1.29 is 14.3 Å². The van der Waals surface area contributed by atoms with Crippen molar-refractivity contribution in [2.45, 2.75) is 19.3 Å². The molecule has 0 aromatic rings. The number of nitrogens with two attached hydrogens (primary N) is 1. The molecule has 0 atom stereocenters. The smallest absolute Gasteiger partial charge is 0.314 e. The summed E-state index contributed by atoms with van der Waals surface area (Å²) in [7, 11) is 0. The van der Waals surface area contributed by atoms with Crippen molar-refractivity contribution in [2.24, 2.45) is 11.7 Å². The van der Waals surface area contributed by atoms with Gasteiger partial charge in [0, 0.05) is 5.92 Å². The van der Waals surface area contributed by atoms with Crippen LogP contribution in [0.3, 0.4) is 0 Å². The molecule has 0 saturated heterocycles. The van der Waals surface area contributed by atoms with Crippen LogP contribution in [0.2, 0.25) is 0 Å². The van der Waals surface area contributed by atoms with Crippen molar-refractivity contribution in [2.75, 3.05) is 6.73 Å². The third kappa shape index (κ3) is 2.67. The number of hydrogen-bond donors (Lipinski definition) is 1. The van der Waals surface area contributed by atoms with E-state index in [0.29, 0.717) is 0 Å². The Bertz CT molecular complexity index is 175. The van der Waals surface area contributed by atoms with Crippen LogP contribution >= 0.6 is 0 Å². The van der Waals surface area contributed by atoms with Gasteiger partial charge in [-0.15, -0.1) is 0 Å².